The third-order valence-corrected chi connectivity index (χ3v) is 2.53. The Balaban J connectivity index is 2.41. The molecule has 2 nitrogen and oxygen atoms in total. The highest BCUT2D eigenvalue weighted by molar-refractivity contribution is 4.78. The Kier molecular flexibility index (Phi) is 2.69. The van der Waals surface area contributed by atoms with E-state index in [9.17, 15) is 0 Å². The molecule has 10 heavy (non-hydrogen) atoms. The van der Waals surface area contributed by atoms with Gasteiger partial charge in [-0.15, -0.1) is 0 Å². The van der Waals surface area contributed by atoms with Crippen molar-refractivity contribution in [2.24, 2.45) is 11.1 Å². The van der Waals surface area contributed by atoms with E-state index in [4.69, 9.17) is 5.73 Å². The lowest BCUT2D eigenvalue weighted by atomic mass is 9.83. The zero-order valence-corrected chi connectivity index (χ0v) is 6.82. The van der Waals surface area contributed by atoms with E-state index in [1.807, 2.05) is 0 Å². The molecular weight excluding hydrogens is 124 g/mol. The molecular formula is C8H18N2. The van der Waals surface area contributed by atoms with Crippen LogP contribution >= 0.6 is 0 Å². The molecule has 1 saturated heterocycles. The van der Waals surface area contributed by atoms with Crippen LogP contribution in [0, 0.1) is 5.41 Å². The average Bonchev–Trinajstić information content (AvgIpc) is 2.15. The van der Waals surface area contributed by atoms with E-state index in [-0.39, 0.29) is 0 Å². The van der Waals surface area contributed by atoms with Gasteiger partial charge in [0.05, 0.1) is 0 Å². The number of nitrogens with two attached hydrogens (primary N) is 1. The molecule has 1 aliphatic heterocycles. The van der Waals surface area contributed by atoms with Gasteiger partial charge >= 0.3 is 0 Å². The molecule has 1 atom stereocenters. The summed E-state index contributed by atoms with van der Waals surface area (Å²) in [6.07, 6.45) is 3.81. The van der Waals surface area contributed by atoms with Gasteiger partial charge in [-0.3, -0.25) is 0 Å². The summed E-state index contributed by atoms with van der Waals surface area (Å²) in [5.74, 6) is 0. The largest absolute Gasteiger partial charge is 0.330 e. The molecule has 0 aromatic carbocycles. The third kappa shape index (κ3) is 1.96. The molecule has 2 heteroatoms. The minimum absolute atomic E-state index is 0.420. The minimum atomic E-state index is 0.420. The van der Waals surface area contributed by atoms with Crippen LogP contribution in [0.3, 0.4) is 0 Å². The van der Waals surface area contributed by atoms with E-state index in [1.54, 1.807) is 0 Å². The quantitative estimate of drug-likeness (QED) is 0.566. The zero-order chi connectivity index (χ0) is 7.45. The van der Waals surface area contributed by atoms with Crippen LogP contribution in [0.25, 0.3) is 0 Å². The van der Waals surface area contributed by atoms with Gasteiger partial charge in [-0.05, 0) is 44.3 Å². The van der Waals surface area contributed by atoms with E-state index < -0.39 is 0 Å². The Bertz CT molecular complexity index is 93.4. The van der Waals surface area contributed by atoms with Crippen molar-refractivity contribution < 1.29 is 0 Å². The fourth-order valence-electron chi connectivity index (χ4n) is 1.48. The summed E-state index contributed by atoms with van der Waals surface area (Å²) >= 11 is 0. The van der Waals surface area contributed by atoms with Crippen LogP contribution in [0.15, 0.2) is 0 Å². The Morgan fingerprint density at radius 2 is 2.20 bits per heavy atom. The van der Waals surface area contributed by atoms with Gasteiger partial charge in [0.25, 0.3) is 0 Å². The Morgan fingerprint density at radius 3 is 2.90 bits per heavy atom. The van der Waals surface area contributed by atoms with E-state index in [1.165, 1.54) is 25.8 Å². The molecule has 0 aromatic rings. The Labute approximate surface area is 63.2 Å². The second-order valence-corrected chi connectivity index (χ2v) is 3.62. The molecule has 1 unspecified atom stereocenters. The molecule has 60 valence electrons. The van der Waals surface area contributed by atoms with Crippen molar-refractivity contribution in [2.75, 3.05) is 19.6 Å². The lowest BCUT2D eigenvalue weighted by molar-refractivity contribution is 0.297. The van der Waals surface area contributed by atoms with Crippen molar-refractivity contribution in [2.45, 2.75) is 26.2 Å². The fraction of sp³-hybridized carbons (Fsp3) is 1.00. The molecule has 0 aromatic heterocycles. The Morgan fingerprint density at radius 1 is 1.40 bits per heavy atom. The number of hydrogen-bond donors (Lipinski definition) is 2. The predicted molar refractivity (Wildman–Crippen MR) is 43.9 cm³/mol. The van der Waals surface area contributed by atoms with Gasteiger partial charge in [0.1, 0.15) is 0 Å². The first-order valence-corrected chi connectivity index (χ1v) is 4.18. The molecule has 1 heterocycles. The van der Waals surface area contributed by atoms with Crippen molar-refractivity contribution >= 4 is 0 Å². The van der Waals surface area contributed by atoms with Crippen LogP contribution in [0.1, 0.15) is 26.2 Å². The molecule has 0 spiro atoms. The minimum Gasteiger partial charge on any atom is -0.330 e. The summed E-state index contributed by atoms with van der Waals surface area (Å²) in [6.45, 7) is 5.46. The summed E-state index contributed by atoms with van der Waals surface area (Å²) in [5.41, 5.74) is 6.10. The highest BCUT2D eigenvalue weighted by Gasteiger charge is 2.22. The summed E-state index contributed by atoms with van der Waals surface area (Å²) in [6, 6.07) is 0. The van der Waals surface area contributed by atoms with Gasteiger partial charge in [-0.25, -0.2) is 0 Å². The molecule has 1 rings (SSSR count). The lowest BCUT2D eigenvalue weighted by Crippen LogP contribution is -2.28. The number of rotatable bonds is 1. The molecule has 0 saturated carbocycles. The van der Waals surface area contributed by atoms with Crippen LogP contribution in [0.4, 0.5) is 0 Å². The van der Waals surface area contributed by atoms with Crippen molar-refractivity contribution in [3.05, 3.63) is 0 Å². The zero-order valence-electron chi connectivity index (χ0n) is 6.82. The van der Waals surface area contributed by atoms with E-state index in [0.29, 0.717) is 5.41 Å². The standard InChI is InChI=1S/C8H18N2/c1-8(7-9)3-2-5-10-6-4-8/h10H,2-7,9H2,1H3. The van der Waals surface area contributed by atoms with Gasteiger partial charge < -0.3 is 11.1 Å². The first-order valence-electron chi connectivity index (χ1n) is 4.18. The van der Waals surface area contributed by atoms with Crippen molar-refractivity contribution in [3.8, 4) is 0 Å². The van der Waals surface area contributed by atoms with Crippen molar-refractivity contribution in [1.82, 2.24) is 5.32 Å². The van der Waals surface area contributed by atoms with E-state index in [2.05, 4.69) is 12.2 Å². The van der Waals surface area contributed by atoms with Crippen LogP contribution in [0.2, 0.25) is 0 Å². The monoisotopic (exact) mass is 142 g/mol. The van der Waals surface area contributed by atoms with Crippen LogP contribution < -0.4 is 11.1 Å². The second-order valence-electron chi connectivity index (χ2n) is 3.62. The van der Waals surface area contributed by atoms with Gasteiger partial charge in [0.2, 0.25) is 0 Å². The van der Waals surface area contributed by atoms with E-state index >= 15 is 0 Å². The van der Waals surface area contributed by atoms with Gasteiger partial charge in [0.15, 0.2) is 0 Å². The second kappa shape index (κ2) is 3.35. The molecule has 1 aliphatic rings. The maximum Gasteiger partial charge on any atom is -0.00227 e. The Hall–Kier alpha value is -0.0800. The third-order valence-electron chi connectivity index (χ3n) is 2.53. The summed E-state index contributed by atoms with van der Waals surface area (Å²) in [7, 11) is 0. The maximum atomic E-state index is 5.68. The smallest absolute Gasteiger partial charge is 0.00227 e. The van der Waals surface area contributed by atoms with Gasteiger partial charge in [-0.2, -0.15) is 0 Å². The SMILES string of the molecule is CC1(CN)CCCNCC1. The lowest BCUT2D eigenvalue weighted by Gasteiger charge is -2.25. The predicted octanol–water partition coefficient (Wildman–Crippen LogP) is 0.725. The highest BCUT2D eigenvalue weighted by Crippen LogP contribution is 2.26. The summed E-state index contributed by atoms with van der Waals surface area (Å²) in [4.78, 5) is 0. The van der Waals surface area contributed by atoms with Crippen molar-refractivity contribution in [1.29, 1.82) is 0 Å². The average molecular weight is 142 g/mol. The molecule has 0 aliphatic carbocycles. The van der Waals surface area contributed by atoms with Crippen LogP contribution in [-0.4, -0.2) is 19.6 Å². The summed E-state index contributed by atoms with van der Waals surface area (Å²) < 4.78 is 0. The maximum absolute atomic E-state index is 5.68. The molecule has 3 N–H and O–H groups in total. The molecule has 0 radical (unpaired) electrons. The first kappa shape index (κ1) is 8.02. The van der Waals surface area contributed by atoms with Crippen LogP contribution in [-0.2, 0) is 0 Å². The molecule has 0 bridgehead atoms. The highest BCUT2D eigenvalue weighted by atomic mass is 14.9. The van der Waals surface area contributed by atoms with Gasteiger partial charge in [0, 0.05) is 0 Å². The van der Waals surface area contributed by atoms with Crippen molar-refractivity contribution in [3.63, 3.8) is 0 Å². The number of hydrogen-bond acceptors (Lipinski definition) is 2. The molecule has 0 amide bonds. The molecule has 1 fully saturated rings. The number of nitrogens with one attached hydrogen (secondary N) is 1. The normalized spacial score (nSPS) is 35.4. The first-order chi connectivity index (χ1) is 4.77. The summed E-state index contributed by atoms with van der Waals surface area (Å²) in [5, 5.41) is 3.38. The fourth-order valence-corrected chi connectivity index (χ4v) is 1.48. The van der Waals surface area contributed by atoms with E-state index in [0.717, 1.165) is 13.1 Å². The topological polar surface area (TPSA) is 38.0 Å². The van der Waals surface area contributed by atoms with Crippen LogP contribution in [0.5, 0.6) is 0 Å². The van der Waals surface area contributed by atoms with Gasteiger partial charge in [-0.1, -0.05) is 6.92 Å².